The Morgan fingerprint density at radius 1 is 0.121 bits per heavy atom. The van der Waals surface area contributed by atoms with Crippen LogP contribution in [0.2, 0.25) is 0 Å². The lowest BCUT2D eigenvalue weighted by Crippen LogP contribution is -2.10. The van der Waals surface area contributed by atoms with Crippen molar-refractivity contribution in [2.24, 2.45) is 0 Å². The molecule has 0 fully saturated rings. The van der Waals surface area contributed by atoms with Gasteiger partial charge in [0.25, 0.3) is 0 Å². The normalized spacial score (nSPS) is 11.8. The largest absolute Gasteiger partial charge is 0.456 e. The maximum absolute atomic E-state index is 6.62. The van der Waals surface area contributed by atoms with Gasteiger partial charge in [0, 0.05) is 131 Å². The SMILES string of the molecule is c1ccc(-c2ccc(N(c3ccc4c(c3)oc3ccccc34)c3cccc4c3ccc3ccc5oc6ccccc6c5c34)cc2)cc1.c1ccc(-c2ccc(N(c3ccc4oc5ccccc5c4c3)c3cccc4c3ccc3ccc5oc6ccccc6c5c34)cc2)cc1.c1ccc(-c2ccc(N(c3cccc4c3ccc3ccc5oc6ccccc6c5c34)c3cccc4c3oc3ccccc34)cc2)cc1. The van der Waals surface area contributed by atoms with Crippen molar-refractivity contribution in [2.75, 3.05) is 14.7 Å². The summed E-state index contributed by atoms with van der Waals surface area (Å²) in [5.74, 6) is 0. The van der Waals surface area contributed by atoms with E-state index in [9.17, 15) is 0 Å². The Morgan fingerprint density at radius 2 is 0.376 bits per heavy atom. The third-order valence-electron chi connectivity index (χ3n) is 28.4. The fourth-order valence-corrected chi connectivity index (χ4v) is 21.9. The number of hydrogen-bond donors (Lipinski definition) is 0. The Labute approximate surface area is 807 Å². The Morgan fingerprint density at radius 3 is 0.794 bits per heavy atom. The Hall–Kier alpha value is -19.0. The fourth-order valence-electron chi connectivity index (χ4n) is 21.9. The van der Waals surface area contributed by atoms with E-state index in [0.29, 0.717) is 0 Å². The minimum Gasteiger partial charge on any atom is -0.456 e. The molecule has 9 nitrogen and oxygen atoms in total. The van der Waals surface area contributed by atoms with Crippen molar-refractivity contribution in [3.8, 4) is 33.4 Å². The van der Waals surface area contributed by atoms with Crippen LogP contribution in [0.1, 0.15) is 0 Å². The Balaban J connectivity index is 0.000000104. The van der Waals surface area contributed by atoms with E-state index in [1.165, 1.54) is 87.2 Å². The van der Waals surface area contributed by atoms with E-state index in [1.54, 1.807) is 0 Å². The molecule has 0 atom stereocenters. The molecular formula is C132H81N3O6. The standard InChI is InChI=1S/3C44H27NO2/c1-2-10-28(11-3-1)29-20-24-31(25-21-29)45(38-17-9-15-35-33-12-4-6-18-39(33)47-44(35)38)37-16-8-14-34-32(37)26-22-30-23-27-41-43(42(30)34)36-13-5-7-19-40(36)46-41;1-2-9-28(10-3-1)29-17-21-31(22-18-29)45(32-23-25-35-34-11-4-6-15-39(34)47-42(35)27-32)38-14-8-13-36-33(38)24-19-30-20-26-41-44(43(30)36)37-12-5-7-16-40(37)46-41;1-2-9-28(10-3-1)29-17-21-31(22-18-29)45(32-23-26-41-37(27-32)34-11-4-6-15-39(34)46-41)38-14-8-13-35-33(38)24-19-30-20-25-42-44(43(30)35)36-12-5-7-16-40(36)47-42/h3*1-27H. The van der Waals surface area contributed by atoms with E-state index in [-0.39, 0.29) is 0 Å². The third-order valence-corrected chi connectivity index (χ3v) is 28.4. The first-order valence-electron chi connectivity index (χ1n) is 47.8. The lowest BCUT2D eigenvalue weighted by molar-refractivity contribution is 0.668. The van der Waals surface area contributed by atoms with Gasteiger partial charge < -0.3 is 41.2 Å². The van der Waals surface area contributed by atoms with Crippen molar-refractivity contribution in [2.45, 2.75) is 0 Å². The first-order chi connectivity index (χ1) is 69.9. The molecule has 0 aliphatic carbocycles. The number of hydrogen-bond acceptors (Lipinski definition) is 9. The first-order valence-corrected chi connectivity index (χ1v) is 47.8. The molecule has 0 aliphatic heterocycles. The molecule has 0 radical (unpaired) electrons. The third kappa shape index (κ3) is 13.5. The van der Waals surface area contributed by atoms with Gasteiger partial charge in [-0.05, 0) is 211 Å². The molecule has 6 aromatic heterocycles. The number of furan rings is 6. The van der Waals surface area contributed by atoms with Crippen LogP contribution < -0.4 is 14.7 Å². The molecule has 0 spiro atoms. The van der Waals surface area contributed by atoms with Crippen LogP contribution in [0, 0.1) is 0 Å². The van der Waals surface area contributed by atoms with E-state index >= 15 is 0 Å². The van der Waals surface area contributed by atoms with Gasteiger partial charge in [0.2, 0.25) is 0 Å². The van der Waals surface area contributed by atoms with Crippen molar-refractivity contribution in [3.05, 3.63) is 491 Å². The zero-order valence-electron chi connectivity index (χ0n) is 76.1. The zero-order valence-corrected chi connectivity index (χ0v) is 76.1. The van der Waals surface area contributed by atoms with Crippen LogP contribution in [0.5, 0.6) is 0 Å². The smallest absolute Gasteiger partial charge is 0.159 e. The second-order valence-corrected chi connectivity index (χ2v) is 36.3. The number of benzene rings is 24. The highest BCUT2D eigenvalue weighted by Gasteiger charge is 2.28. The molecule has 30 aromatic rings. The van der Waals surface area contributed by atoms with Gasteiger partial charge in [-0.1, -0.05) is 340 Å². The highest BCUT2D eigenvalue weighted by atomic mass is 16.3. The molecule has 0 aliphatic rings. The van der Waals surface area contributed by atoms with Gasteiger partial charge in [0.1, 0.15) is 61.4 Å². The molecule has 660 valence electrons. The van der Waals surface area contributed by atoms with E-state index in [1.807, 2.05) is 72.8 Å². The molecule has 141 heavy (non-hydrogen) atoms. The lowest BCUT2D eigenvalue weighted by Gasteiger charge is -2.27. The molecule has 0 N–H and O–H groups in total. The van der Waals surface area contributed by atoms with Gasteiger partial charge in [-0.25, -0.2) is 0 Å². The van der Waals surface area contributed by atoms with Crippen LogP contribution in [0.4, 0.5) is 51.2 Å². The summed E-state index contributed by atoms with van der Waals surface area (Å²) in [6, 6.07) is 174. The first kappa shape index (κ1) is 80.5. The zero-order chi connectivity index (χ0) is 92.7. The Kier molecular flexibility index (Phi) is 18.8. The number of fused-ring (bicyclic) bond motifs is 30. The summed E-state index contributed by atoms with van der Waals surface area (Å²) in [5.41, 5.74) is 27.4. The average Bonchev–Trinajstić information content (AvgIpc) is 1.67. The molecule has 0 amide bonds. The van der Waals surface area contributed by atoms with Crippen LogP contribution in [0.3, 0.4) is 0 Å². The van der Waals surface area contributed by atoms with Gasteiger partial charge in [-0.15, -0.1) is 0 Å². The van der Waals surface area contributed by atoms with Gasteiger partial charge in [0.05, 0.1) is 22.7 Å². The average molecular weight is 1810 g/mol. The van der Waals surface area contributed by atoms with E-state index in [0.717, 1.165) is 194 Å². The summed E-state index contributed by atoms with van der Waals surface area (Å²) in [5, 5.41) is 27.8. The second-order valence-electron chi connectivity index (χ2n) is 36.3. The van der Waals surface area contributed by atoms with Crippen molar-refractivity contribution >= 4 is 247 Å². The van der Waals surface area contributed by atoms with Crippen LogP contribution >= 0.6 is 0 Å². The van der Waals surface area contributed by atoms with Crippen LogP contribution in [-0.4, -0.2) is 0 Å². The predicted molar refractivity (Wildman–Crippen MR) is 588 cm³/mol. The molecule has 0 saturated carbocycles. The molecule has 6 heterocycles. The molecule has 0 saturated heterocycles. The molecular weight excluding hydrogens is 1720 g/mol. The van der Waals surface area contributed by atoms with Crippen molar-refractivity contribution in [3.63, 3.8) is 0 Å². The predicted octanol–water partition coefficient (Wildman–Crippen LogP) is 38.8. The minimum absolute atomic E-state index is 0.863. The fraction of sp³-hybridized carbons (Fsp3) is 0. The summed E-state index contributed by atoms with van der Waals surface area (Å²) in [6.07, 6.45) is 0. The van der Waals surface area contributed by atoms with Crippen molar-refractivity contribution in [1.29, 1.82) is 0 Å². The molecule has 24 aromatic carbocycles. The quantitative estimate of drug-likeness (QED) is 0.111. The Bertz CT molecular complexity index is 10200. The van der Waals surface area contributed by atoms with Crippen LogP contribution in [0.15, 0.2) is 518 Å². The number of nitrogens with zero attached hydrogens (tertiary/aromatic N) is 3. The molecule has 30 rings (SSSR count). The van der Waals surface area contributed by atoms with Crippen LogP contribution in [-0.2, 0) is 0 Å². The number of rotatable bonds is 12. The van der Waals surface area contributed by atoms with Gasteiger partial charge in [-0.3, -0.25) is 0 Å². The summed E-state index contributed by atoms with van der Waals surface area (Å²) in [7, 11) is 0. The van der Waals surface area contributed by atoms with E-state index < -0.39 is 0 Å². The van der Waals surface area contributed by atoms with Gasteiger partial charge >= 0.3 is 0 Å². The van der Waals surface area contributed by atoms with Crippen molar-refractivity contribution in [1.82, 2.24) is 0 Å². The van der Waals surface area contributed by atoms with Crippen LogP contribution in [0.25, 0.3) is 230 Å². The maximum atomic E-state index is 6.62. The second kappa shape index (κ2) is 33.0. The molecule has 0 bridgehead atoms. The van der Waals surface area contributed by atoms with E-state index in [4.69, 9.17) is 26.5 Å². The summed E-state index contributed by atoms with van der Waals surface area (Å²) in [4.78, 5) is 7.07. The monoisotopic (exact) mass is 1800 g/mol. The van der Waals surface area contributed by atoms with Gasteiger partial charge in [0.15, 0.2) is 5.58 Å². The van der Waals surface area contributed by atoms with Crippen molar-refractivity contribution < 1.29 is 26.5 Å². The van der Waals surface area contributed by atoms with Gasteiger partial charge in [-0.2, -0.15) is 0 Å². The maximum Gasteiger partial charge on any atom is 0.159 e. The summed E-state index contributed by atoms with van der Waals surface area (Å²) in [6.45, 7) is 0. The topological polar surface area (TPSA) is 88.6 Å². The summed E-state index contributed by atoms with van der Waals surface area (Å²) >= 11 is 0. The highest BCUT2D eigenvalue weighted by Crippen LogP contribution is 2.52. The number of anilines is 9. The minimum atomic E-state index is 0.863. The molecule has 9 heteroatoms. The highest BCUT2D eigenvalue weighted by molar-refractivity contribution is 6.32. The van der Waals surface area contributed by atoms with E-state index in [2.05, 4.69) is 433 Å². The lowest BCUT2D eigenvalue weighted by atomic mass is 9.96. The number of para-hydroxylation sites is 7. The summed E-state index contributed by atoms with van der Waals surface area (Å²) < 4.78 is 38.2. The molecule has 0 unspecified atom stereocenters.